The third kappa shape index (κ3) is 5.40. The van der Waals surface area contributed by atoms with Crippen LogP contribution in [0.2, 0.25) is 0 Å². The number of phenolic OH excluding ortho intramolecular Hbond substituents is 1. The van der Waals surface area contributed by atoms with Crippen molar-refractivity contribution in [3.63, 3.8) is 0 Å². The fourth-order valence-electron chi connectivity index (χ4n) is 2.28. The van der Waals surface area contributed by atoms with Crippen LogP contribution in [0.1, 0.15) is 18.2 Å². The Morgan fingerprint density at radius 1 is 1.07 bits per heavy atom. The standard InChI is InChI=1S/C21H20N4O2/c1-2-27-19-12-8-17(9-13-19)24-21(20-5-3-4-14-22-20)25-23-15-16-6-10-18(26)11-7-16/h3-15,26H,2H2,1H3,(H,24,25)/b23-15+. The number of ether oxygens (including phenoxy) is 1. The van der Waals surface area contributed by atoms with Crippen LogP contribution in [0.4, 0.5) is 5.69 Å². The molecule has 0 aliphatic carbocycles. The number of nitrogens with one attached hydrogen (secondary N) is 1. The van der Waals surface area contributed by atoms with Crippen molar-refractivity contribution in [1.29, 1.82) is 0 Å². The molecule has 0 spiro atoms. The number of aromatic hydroxyl groups is 1. The average Bonchev–Trinajstić information content (AvgIpc) is 2.71. The fraction of sp³-hybridized carbons (Fsp3) is 0.0952. The lowest BCUT2D eigenvalue weighted by molar-refractivity contribution is 0.340. The molecule has 0 aliphatic rings. The highest BCUT2D eigenvalue weighted by Gasteiger charge is 2.04. The predicted molar refractivity (Wildman–Crippen MR) is 107 cm³/mol. The maximum absolute atomic E-state index is 9.34. The first-order chi connectivity index (χ1) is 13.2. The Morgan fingerprint density at radius 2 is 1.85 bits per heavy atom. The van der Waals surface area contributed by atoms with Gasteiger partial charge < -0.3 is 9.84 Å². The molecular weight excluding hydrogens is 340 g/mol. The Balaban J connectivity index is 1.81. The zero-order valence-electron chi connectivity index (χ0n) is 14.9. The van der Waals surface area contributed by atoms with Gasteiger partial charge in [0.2, 0.25) is 0 Å². The molecule has 0 saturated heterocycles. The van der Waals surface area contributed by atoms with Gasteiger partial charge in [0, 0.05) is 6.20 Å². The summed E-state index contributed by atoms with van der Waals surface area (Å²) < 4.78 is 5.45. The van der Waals surface area contributed by atoms with Gasteiger partial charge in [-0.25, -0.2) is 4.99 Å². The van der Waals surface area contributed by atoms with Crippen molar-refractivity contribution in [2.24, 2.45) is 10.1 Å². The normalized spacial score (nSPS) is 11.5. The van der Waals surface area contributed by atoms with E-state index in [1.165, 1.54) is 0 Å². The van der Waals surface area contributed by atoms with Crippen molar-refractivity contribution in [3.05, 3.63) is 84.2 Å². The second-order valence-electron chi connectivity index (χ2n) is 5.56. The third-order valence-corrected chi connectivity index (χ3v) is 3.57. The number of amidine groups is 1. The second kappa shape index (κ2) is 9.15. The molecule has 0 aliphatic heterocycles. The molecule has 0 unspecified atom stereocenters. The molecule has 0 atom stereocenters. The third-order valence-electron chi connectivity index (χ3n) is 3.57. The van der Waals surface area contributed by atoms with Crippen molar-refractivity contribution in [2.75, 3.05) is 6.61 Å². The molecule has 1 heterocycles. The number of phenols is 1. The van der Waals surface area contributed by atoms with E-state index in [0.717, 1.165) is 17.0 Å². The lowest BCUT2D eigenvalue weighted by atomic mass is 10.2. The maximum Gasteiger partial charge on any atom is 0.172 e. The summed E-state index contributed by atoms with van der Waals surface area (Å²) in [7, 11) is 0. The molecular formula is C21H20N4O2. The summed E-state index contributed by atoms with van der Waals surface area (Å²) in [6.45, 7) is 2.57. The van der Waals surface area contributed by atoms with Crippen LogP contribution >= 0.6 is 0 Å². The number of hydrazone groups is 1. The summed E-state index contributed by atoms with van der Waals surface area (Å²) in [5, 5.41) is 13.6. The van der Waals surface area contributed by atoms with E-state index in [1.54, 1.807) is 36.7 Å². The Bertz CT molecular complexity index is 905. The van der Waals surface area contributed by atoms with Gasteiger partial charge in [0.1, 0.15) is 17.2 Å². The van der Waals surface area contributed by atoms with Crippen molar-refractivity contribution in [1.82, 2.24) is 10.4 Å². The van der Waals surface area contributed by atoms with Crippen molar-refractivity contribution in [3.8, 4) is 11.5 Å². The number of nitrogens with zero attached hydrogens (tertiary/aromatic N) is 3. The Morgan fingerprint density at radius 3 is 2.52 bits per heavy atom. The summed E-state index contributed by atoms with van der Waals surface area (Å²) in [4.78, 5) is 8.94. The van der Waals surface area contributed by atoms with Gasteiger partial charge in [-0.2, -0.15) is 5.10 Å². The van der Waals surface area contributed by atoms with Crippen LogP contribution in [0.3, 0.4) is 0 Å². The van der Waals surface area contributed by atoms with Gasteiger partial charge >= 0.3 is 0 Å². The van der Waals surface area contributed by atoms with Crippen LogP contribution in [0.15, 0.2) is 83.0 Å². The molecule has 0 amide bonds. The van der Waals surface area contributed by atoms with Gasteiger partial charge in [-0.05, 0) is 73.2 Å². The Hall–Kier alpha value is -3.67. The summed E-state index contributed by atoms with van der Waals surface area (Å²) in [6.07, 6.45) is 3.35. The molecule has 3 rings (SSSR count). The monoisotopic (exact) mass is 360 g/mol. The van der Waals surface area contributed by atoms with E-state index >= 15 is 0 Å². The summed E-state index contributed by atoms with van der Waals surface area (Å²) in [6, 6.07) is 19.8. The van der Waals surface area contributed by atoms with Gasteiger partial charge in [-0.3, -0.25) is 10.4 Å². The quantitative estimate of drug-likeness (QED) is 0.397. The number of rotatable bonds is 6. The molecule has 0 saturated carbocycles. The zero-order valence-corrected chi connectivity index (χ0v) is 14.9. The number of pyridine rings is 1. The van der Waals surface area contributed by atoms with Crippen LogP contribution in [-0.4, -0.2) is 28.7 Å². The number of aliphatic imine (C=N–C) groups is 1. The van der Waals surface area contributed by atoms with Crippen LogP contribution < -0.4 is 10.2 Å². The minimum atomic E-state index is 0.214. The van der Waals surface area contributed by atoms with Gasteiger partial charge in [-0.1, -0.05) is 6.07 Å². The lowest BCUT2D eigenvalue weighted by Gasteiger charge is -2.06. The van der Waals surface area contributed by atoms with Crippen molar-refractivity contribution >= 4 is 17.7 Å². The van der Waals surface area contributed by atoms with Gasteiger partial charge in [0.25, 0.3) is 0 Å². The average molecular weight is 360 g/mol. The fourth-order valence-corrected chi connectivity index (χ4v) is 2.28. The highest BCUT2D eigenvalue weighted by atomic mass is 16.5. The van der Waals surface area contributed by atoms with E-state index in [2.05, 4.69) is 20.5 Å². The van der Waals surface area contributed by atoms with E-state index in [0.29, 0.717) is 18.1 Å². The van der Waals surface area contributed by atoms with Crippen molar-refractivity contribution < 1.29 is 9.84 Å². The SMILES string of the molecule is CCOc1ccc(N=C(N/N=C/c2ccc(O)cc2)c2ccccn2)cc1. The zero-order chi connectivity index (χ0) is 18.9. The number of hydrogen-bond acceptors (Lipinski definition) is 5. The minimum absolute atomic E-state index is 0.214. The highest BCUT2D eigenvalue weighted by molar-refractivity contribution is 5.99. The maximum atomic E-state index is 9.34. The van der Waals surface area contributed by atoms with Gasteiger partial charge in [-0.15, -0.1) is 0 Å². The molecule has 1 aromatic heterocycles. The topological polar surface area (TPSA) is 79.1 Å². The summed E-state index contributed by atoms with van der Waals surface area (Å²) >= 11 is 0. The first-order valence-corrected chi connectivity index (χ1v) is 8.55. The molecule has 6 nitrogen and oxygen atoms in total. The number of benzene rings is 2. The van der Waals surface area contributed by atoms with Crippen LogP contribution in [-0.2, 0) is 0 Å². The molecule has 0 fully saturated rings. The molecule has 2 aromatic carbocycles. The molecule has 3 aromatic rings. The van der Waals surface area contributed by atoms with E-state index in [-0.39, 0.29) is 5.75 Å². The first kappa shape index (κ1) is 18.1. The highest BCUT2D eigenvalue weighted by Crippen LogP contribution is 2.18. The Labute approximate surface area is 157 Å². The van der Waals surface area contributed by atoms with E-state index in [4.69, 9.17) is 4.74 Å². The minimum Gasteiger partial charge on any atom is -0.508 e. The number of hydrogen-bond donors (Lipinski definition) is 2. The van der Waals surface area contributed by atoms with Crippen LogP contribution in [0.5, 0.6) is 11.5 Å². The first-order valence-electron chi connectivity index (χ1n) is 8.55. The van der Waals surface area contributed by atoms with E-state index in [9.17, 15) is 5.11 Å². The largest absolute Gasteiger partial charge is 0.508 e. The lowest BCUT2D eigenvalue weighted by Crippen LogP contribution is -2.20. The Kier molecular flexibility index (Phi) is 6.14. The van der Waals surface area contributed by atoms with E-state index < -0.39 is 0 Å². The van der Waals surface area contributed by atoms with Crippen LogP contribution in [0, 0.1) is 0 Å². The number of aromatic nitrogens is 1. The summed E-state index contributed by atoms with van der Waals surface area (Å²) in [5.74, 6) is 1.54. The molecule has 0 radical (unpaired) electrons. The van der Waals surface area contributed by atoms with Crippen molar-refractivity contribution in [2.45, 2.75) is 6.92 Å². The van der Waals surface area contributed by atoms with Gasteiger partial charge in [0.15, 0.2) is 5.84 Å². The van der Waals surface area contributed by atoms with Crippen LogP contribution in [0.25, 0.3) is 0 Å². The smallest absolute Gasteiger partial charge is 0.172 e. The summed E-state index contributed by atoms with van der Waals surface area (Å²) in [5.41, 5.74) is 5.23. The predicted octanol–water partition coefficient (Wildman–Crippen LogP) is 3.89. The second-order valence-corrected chi connectivity index (χ2v) is 5.56. The van der Waals surface area contributed by atoms with Gasteiger partial charge in [0.05, 0.1) is 18.5 Å². The molecule has 2 N–H and O–H groups in total. The van der Waals surface area contributed by atoms with E-state index in [1.807, 2.05) is 49.4 Å². The molecule has 136 valence electrons. The molecule has 0 bridgehead atoms. The molecule has 27 heavy (non-hydrogen) atoms. The molecule has 6 heteroatoms.